The second-order valence-electron chi connectivity index (χ2n) is 4.52. The van der Waals surface area contributed by atoms with E-state index in [4.69, 9.17) is 0 Å². The van der Waals surface area contributed by atoms with Crippen molar-refractivity contribution in [1.82, 2.24) is 0 Å². The largest absolute Gasteiger partial charge is 0.299 e. The van der Waals surface area contributed by atoms with Crippen molar-refractivity contribution in [1.29, 1.82) is 0 Å². The van der Waals surface area contributed by atoms with Gasteiger partial charge in [-0.1, -0.05) is 34.1 Å². The van der Waals surface area contributed by atoms with Crippen LogP contribution in [-0.2, 0) is 9.59 Å². The van der Waals surface area contributed by atoms with E-state index in [9.17, 15) is 9.59 Å². The van der Waals surface area contributed by atoms with Crippen LogP contribution in [0, 0.1) is 11.8 Å². The third-order valence-electron chi connectivity index (χ3n) is 3.37. The van der Waals surface area contributed by atoms with Gasteiger partial charge in [0.2, 0.25) is 0 Å². The summed E-state index contributed by atoms with van der Waals surface area (Å²) in [5.74, 6) is 0.484. The second kappa shape index (κ2) is 8.49. The third kappa shape index (κ3) is 4.91. The fourth-order valence-electron chi connectivity index (χ4n) is 2.15. The minimum Gasteiger partial charge on any atom is -0.299 e. The highest BCUT2D eigenvalue weighted by Crippen LogP contribution is 2.17. The van der Waals surface area contributed by atoms with Gasteiger partial charge in [-0.3, -0.25) is 9.59 Å². The molecule has 0 heterocycles. The minimum absolute atomic E-state index is 0.0862. The van der Waals surface area contributed by atoms with E-state index in [1.165, 1.54) is 0 Å². The van der Waals surface area contributed by atoms with Gasteiger partial charge in [0.1, 0.15) is 11.6 Å². The topological polar surface area (TPSA) is 34.1 Å². The zero-order chi connectivity index (χ0) is 12.6. The third-order valence-corrected chi connectivity index (χ3v) is 3.37. The Labute approximate surface area is 99.8 Å². The van der Waals surface area contributed by atoms with Crippen molar-refractivity contribution in [3.05, 3.63) is 0 Å². The van der Waals surface area contributed by atoms with Crippen LogP contribution in [0.4, 0.5) is 0 Å². The molecule has 0 radical (unpaired) electrons. The smallest absolute Gasteiger partial charge is 0.143 e. The van der Waals surface area contributed by atoms with Gasteiger partial charge in [0.25, 0.3) is 0 Å². The van der Waals surface area contributed by atoms with Crippen molar-refractivity contribution in [2.24, 2.45) is 11.8 Å². The summed E-state index contributed by atoms with van der Waals surface area (Å²) in [6, 6.07) is 0. The van der Waals surface area contributed by atoms with E-state index in [1.807, 2.05) is 20.8 Å². The number of Topliss-reactive ketones (excluding diaryl/α,β-unsaturated/α-hetero) is 2. The molecule has 0 aliphatic heterocycles. The Hall–Kier alpha value is -0.660. The van der Waals surface area contributed by atoms with Gasteiger partial charge in [0.15, 0.2) is 0 Å². The lowest BCUT2D eigenvalue weighted by molar-refractivity contribution is -0.131. The maximum atomic E-state index is 11.9. The summed E-state index contributed by atoms with van der Waals surface area (Å²) in [5.41, 5.74) is 0. The van der Waals surface area contributed by atoms with Crippen molar-refractivity contribution in [2.45, 2.75) is 66.2 Å². The van der Waals surface area contributed by atoms with E-state index < -0.39 is 0 Å². The highest BCUT2D eigenvalue weighted by Gasteiger charge is 2.22. The van der Waals surface area contributed by atoms with E-state index in [2.05, 4.69) is 6.92 Å². The van der Waals surface area contributed by atoms with Crippen molar-refractivity contribution in [2.75, 3.05) is 0 Å². The second-order valence-corrected chi connectivity index (χ2v) is 4.52. The van der Waals surface area contributed by atoms with Crippen LogP contribution in [0.5, 0.6) is 0 Å². The van der Waals surface area contributed by atoms with Crippen LogP contribution < -0.4 is 0 Å². The van der Waals surface area contributed by atoms with E-state index in [0.717, 1.165) is 32.1 Å². The van der Waals surface area contributed by atoms with Crippen LogP contribution >= 0.6 is 0 Å². The molecule has 1 atom stereocenters. The highest BCUT2D eigenvalue weighted by atomic mass is 16.1. The predicted octanol–water partition coefficient (Wildman–Crippen LogP) is 3.78. The molecule has 1 unspecified atom stereocenters. The van der Waals surface area contributed by atoms with Crippen molar-refractivity contribution >= 4 is 11.6 Å². The first-order valence-electron chi connectivity index (χ1n) is 6.65. The number of ketones is 2. The minimum atomic E-state index is 0.0862. The lowest BCUT2D eigenvalue weighted by atomic mass is 9.88. The summed E-state index contributed by atoms with van der Waals surface area (Å²) >= 11 is 0. The van der Waals surface area contributed by atoms with Gasteiger partial charge in [-0.2, -0.15) is 0 Å². The summed E-state index contributed by atoms with van der Waals surface area (Å²) in [7, 11) is 0. The molecule has 2 nitrogen and oxygen atoms in total. The molecule has 0 amide bonds. The Morgan fingerprint density at radius 3 is 1.62 bits per heavy atom. The van der Waals surface area contributed by atoms with Gasteiger partial charge in [-0.05, 0) is 25.7 Å². The Bertz CT molecular complexity index is 217. The lowest BCUT2D eigenvalue weighted by Crippen LogP contribution is -2.22. The normalized spacial score (nSPS) is 12.8. The van der Waals surface area contributed by atoms with Crippen molar-refractivity contribution < 1.29 is 9.59 Å². The van der Waals surface area contributed by atoms with Gasteiger partial charge in [-0.15, -0.1) is 0 Å². The summed E-state index contributed by atoms with van der Waals surface area (Å²) in [6.07, 6.45) is 4.67. The molecule has 94 valence electrons. The molecule has 16 heavy (non-hydrogen) atoms. The summed E-state index contributed by atoms with van der Waals surface area (Å²) < 4.78 is 0. The zero-order valence-electron chi connectivity index (χ0n) is 11.2. The average Bonchev–Trinajstić information content (AvgIpc) is 2.27. The predicted molar refractivity (Wildman–Crippen MR) is 67.4 cm³/mol. The maximum Gasteiger partial charge on any atom is 0.143 e. The number of hydrogen-bond acceptors (Lipinski definition) is 2. The molecule has 0 spiro atoms. The molecule has 0 rings (SSSR count). The summed E-state index contributed by atoms with van der Waals surface area (Å²) in [6.45, 7) is 8.14. The molecule has 0 aromatic heterocycles. The summed E-state index contributed by atoms with van der Waals surface area (Å²) in [4.78, 5) is 23.7. The van der Waals surface area contributed by atoms with Crippen molar-refractivity contribution in [3.63, 3.8) is 0 Å². The molecule has 0 N–H and O–H groups in total. The quantitative estimate of drug-likeness (QED) is 0.561. The average molecular weight is 226 g/mol. The molecular formula is C14H26O2. The maximum absolute atomic E-state index is 11.9. The van der Waals surface area contributed by atoms with Crippen LogP contribution in [0.2, 0.25) is 0 Å². The van der Waals surface area contributed by atoms with E-state index in [0.29, 0.717) is 0 Å². The standard InChI is InChI=1S/C14H26O2/c1-5-9-12(8-4)14(16)10-13(15)11(6-2)7-3/h11-12H,5-10H2,1-4H3. The van der Waals surface area contributed by atoms with E-state index >= 15 is 0 Å². The van der Waals surface area contributed by atoms with Gasteiger partial charge in [0, 0.05) is 11.8 Å². The first-order valence-corrected chi connectivity index (χ1v) is 6.65. The van der Waals surface area contributed by atoms with Gasteiger partial charge in [0.05, 0.1) is 6.42 Å². The Kier molecular flexibility index (Phi) is 8.14. The molecular weight excluding hydrogens is 200 g/mol. The molecule has 0 aliphatic carbocycles. The molecule has 0 aliphatic rings. The van der Waals surface area contributed by atoms with Crippen LogP contribution in [0.3, 0.4) is 0 Å². The molecule has 0 saturated carbocycles. The van der Waals surface area contributed by atoms with Crippen LogP contribution in [0.15, 0.2) is 0 Å². The highest BCUT2D eigenvalue weighted by molar-refractivity contribution is 6.01. The molecule has 2 heteroatoms. The number of carbonyl (C=O) groups excluding carboxylic acids is 2. The van der Waals surface area contributed by atoms with Crippen LogP contribution in [0.25, 0.3) is 0 Å². The number of rotatable bonds is 9. The van der Waals surface area contributed by atoms with Gasteiger partial charge < -0.3 is 0 Å². The molecule has 0 fully saturated rings. The first kappa shape index (κ1) is 15.3. The Balaban J connectivity index is 4.25. The van der Waals surface area contributed by atoms with Crippen molar-refractivity contribution in [3.8, 4) is 0 Å². The monoisotopic (exact) mass is 226 g/mol. The van der Waals surface area contributed by atoms with Gasteiger partial charge in [-0.25, -0.2) is 0 Å². The molecule has 0 saturated heterocycles. The van der Waals surface area contributed by atoms with Crippen LogP contribution in [-0.4, -0.2) is 11.6 Å². The van der Waals surface area contributed by atoms with Gasteiger partial charge >= 0.3 is 0 Å². The van der Waals surface area contributed by atoms with Crippen LogP contribution in [0.1, 0.15) is 66.2 Å². The fourth-order valence-corrected chi connectivity index (χ4v) is 2.15. The first-order chi connectivity index (χ1) is 7.60. The Morgan fingerprint density at radius 1 is 0.812 bits per heavy atom. The molecule has 0 aromatic carbocycles. The molecule has 0 aromatic rings. The van der Waals surface area contributed by atoms with E-state index in [-0.39, 0.29) is 29.8 Å². The molecule has 0 bridgehead atoms. The van der Waals surface area contributed by atoms with E-state index in [1.54, 1.807) is 0 Å². The lowest BCUT2D eigenvalue weighted by Gasteiger charge is -2.14. The summed E-state index contributed by atoms with van der Waals surface area (Å²) in [5, 5.41) is 0. The zero-order valence-corrected chi connectivity index (χ0v) is 11.2. The number of hydrogen-bond donors (Lipinski definition) is 0. The Morgan fingerprint density at radius 2 is 1.25 bits per heavy atom. The number of carbonyl (C=O) groups is 2. The fraction of sp³-hybridized carbons (Fsp3) is 0.857. The SMILES string of the molecule is CCCC(CC)C(=O)CC(=O)C(CC)CC.